The van der Waals surface area contributed by atoms with Crippen molar-refractivity contribution in [3.8, 4) is 44.5 Å². The van der Waals surface area contributed by atoms with E-state index in [4.69, 9.17) is 17.2 Å². The van der Waals surface area contributed by atoms with Crippen LogP contribution in [-0.2, 0) is 31.1 Å². The fourth-order valence-corrected chi connectivity index (χ4v) is 16.4. The van der Waals surface area contributed by atoms with Crippen molar-refractivity contribution in [3.63, 3.8) is 0 Å². The lowest BCUT2D eigenvalue weighted by molar-refractivity contribution is 0.401. The minimum Gasteiger partial charge on any atom is -0.399 e. The molecule has 4 nitrogen and oxygen atoms in total. The van der Waals surface area contributed by atoms with Gasteiger partial charge in [0, 0.05) is 47.3 Å². The molecule has 0 saturated carbocycles. The summed E-state index contributed by atoms with van der Waals surface area (Å²) < 4.78 is 3.32. The predicted octanol–water partition coefficient (Wildman–Crippen LogP) is 31.3. The largest absolute Gasteiger partial charge is 0.399 e. The molecule has 0 heterocycles. The van der Waals surface area contributed by atoms with Crippen molar-refractivity contribution in [2.24, 2.45) is 0 Å². The zero-order chi connectivity index (χ0) is 78.1. The quantitative estimate of drug-likeness (QED) is 0.0261. The Kier molecular flexibility index (Phi) is 32.4. The molecule has 0 amide bonds. The number of hydrogen-bond donors (Lipinski definition) is 4. The van der Waals surface area contributed by atoms with Gasteiger partial charge in [-0.15, -0.1) is 0 Å². The van der Waals surface area contributed by atoms with E-state index in [0.717, 1.165) is 53.0 Å². The SMILES string of the molecule is Brc1ccc(-c2c3ccccc3c(-c3ccc(Br)cc3)c3ccccc23)cc1.Brc1ccccc1.C=Cc1cccc(-c2cccc(N)c2)c1.CCCCCCC1(CCCCCC)c2ccccc2-c2ccc(N)cc21.Nc1cccc(CCCCCCCCc2ccc3c(c2)CC3)c1.c1ccc(Nc2ccccc2)cc1. The number of rotatable bonds is 25. The standard InChI is InChI=1S/C26H16Br2.C25H35N.C22H29N.C14H13N.C12H11N.C6H5Br/c27-19-13-9-17(10-14-19)25-21-5-1-2-6-22(21)26(18-11-15-20(28)16-12-18)24-8-4-3-7-23(24)25;1-3-5-7-11-17-25(18-12-8-6-4-2)23-14-10-9-13-21(23)22-16-15-20(26)19-24(22)25;23-22-11-7-10-18(17-22)8-5-3-1-2-4-6-9-19-12-13-20-14-15-21(20)16-19;1-2-11-5-3-6-12(9-11)13-7-4-8-14(15)10-13;1-3-7-11(8-4-1)13-12-9-5-2-6-10-12;7-6-4-2-1-3-5-6/h1-16H;9-10,13-16,19H,3-8,11-12,17-18,26H2,1-2H3;7,10-13,16-17H,1-6,8-9,14-15,23H2;2-10H,1,15H2;1-10,13H;1-5H. The molecular formula is C105H109Br3N4. The second kappa shape index (κ2) is 43.7. The van der Waals surface area contributed by atoms with Gasteiger partial charge < -0.3 is 22.5 Å². The van der Waals surface area contributed by atoms with Crippen molar-refractivity contribution in [1.82, 2.24) is 0 Å². The summed E-state index contributed by atoms with van der Waals surface area (Å²) in [5.74, 6) is 0. The zero-order valence-corrected chi connectivity index (χ0v) is 70.2. The van der Waals surface area contributed by atoms with Gasteiger partial charge in [0.2, 0.25) is 0 Å². The van der Waals surface area contributed by atoms with Crippen LogP contribution in [0, 0.1) is 0 Å². The van der Waals surface area contributed by atoms with E-state index in [9.17, 15) is 0 Å². The van der Waals surface area contributed by atoms with Gasteiger partial charge in [-0.3, -0.25) is 0 Å². The summed E-state index contributed by atoms with van der Waals surface area (Å²) in [5, 5.41) is 8.42. The van der Waals surface area contributed by atoms with Crippen LogP contribution in [-0.4, -0.2) is 0 Å². The first-order valence-electron chi connectivity index (χ1n) is 40.5. The van der Waals surface area contributed by atoms with E-state index < -0.39 is 0 Å². The van der Waals surface area contributed by atoms with Gasteiger partial charge in [0.05, 0.1) is 0 Å². The van der Waals surface area contributed by atoms with Gasteiger partial charge in [0.15, 0.2) is 0 Å². The van der Waals surface area contributed by atoms with Crippen LogP contribution in [0.5, 0.6) is 0 Å². The van der Waals surface area contributed by atoms with E-state index in [1.807, 2.05) is 133 Å². The molecule has 112 heavy (non-hydrogen) atoms. The first kappa shape index (κ1) is 82.9. The number of unbranched alkanes of at least 4 members (excludes halogenated alkanes) is 11. The highest BCUT2D eigenvalue weighted by molar-refractivity contribution is 9.11. The summed E-state index contributed by atoms with van der Waals surface area (Å²) in [4.78, 5) is 0. The highest BCUT2D eigenvalue weighted by Crippen LogP contribution is 2.55. The Balaban J connectivity index is 0.000000138. The smallest absolute Gasteiger partial charge is 0.0384 e. The number of anilines is 5. The molecule has 0 unspecified atom stereocenters. The maximum Gasteiger partial charge on any atom is 0.0384 e. The minimum absolute atomic E-state index is 0.169. The number of halogens is 3. The van der Waals surface area contributed by atoms with Crippen LogP contribution in [0.4, 0.5) is 28.4 Å². The van der Waals surface area contributed by atoms with E-state index in [-0.39, 0.29) is 5.41 Å². The highest BCUT2D eigenvalue weighted by atomic mass is 79.9. The Morgan fingerprint density at radius 1 is 0.330 bits per heavy atom. The molecule has 0 aliphatic heterocycles. The first-order chi connectivity index (χ1) is 54.9. The second-order valence-corrected chi connectivity index (χ2v) is 32.2. The third kappa shape index (κ3) is 23.8. The maximum atomic E-state index is 6.24. The average molecular weight is 1670 g/mol. The topological polar surface area (TPSA) is 90.1 Å². The normalized spacial score (nSPS) is 11.7. The van der Waals surface area contributed by atoms with Crippen LogP contribution in [0.3, 0.4) is 0 Å². The van der Waals surface area contributed by atoms with Crippen LogP contribution in [0.2, 0.25) is 0 Å². The number of nitrogens with one attached hydrogen (secondary N) is 1. The van der Waals surface area contributed by atoms with E-state index in [1.165, 1.54) is 200 Å². The molecule has 570 valence electrons. The average Bonchev–Trinajstić information content (AvgIpc) is 1.53. The van der Waals surface area contributed by atoms with Crippen LogP contribution >= 0.6 is 47.8 Å². The Morgan fingerprint density at radius 3 is 1.24 bits per heavy atom. The minimum atomic E-state index is 0.169. The van der Waals surface area contributed by atoms with Gasteiger partial charge in [-0.1, -0.05) is 370 Å². The summed E-state index contributed by atoms with van der Waals surface area (Å²) in [6.45, 7) is 8.34. The predicted molar refractivity (Wildman–Crippen MR) is 499 cm³/mol. The van der Waals surface area contributed by atoms with Crippen LogP contribution < -0.4 is 22.5 Å². The monoisotopic (exact) mass is 1660 g/mol. The molecular weight excluding hydrogens is 1560 g/mol. The number of nitrogen functional groups attached to an aromatic ring is 3. The van der Waals surface area contributed by atoms with E-state index in [1.54, 1.807) is 22.3 Å². The lowest BCUT2D eigenvalue weighted by atomic mass is 9.70. The lowest BCUT2D eigenvalue weighted by Crippen LogP contribution is -2.25. The fourth-order valence-electron chi connectivity index (χ4n) is 15.5. The molecule has 0 spiro atoms. The van der Waals surface area contributed by atoms with E-state index >= 15 is 0 Å². The maximum absolute atomic E-state index is 6.24. The molecule has 0 radical (unpaired) electrons. The highest BCUT2D eigenvalue weighted by Gasteiger charge is 2.42. The van der Waals surface area contributed by atoms with E-state index in [2.05, 4.69) is 268 Å². The van der Waals surface area contributed by atoms with Crippen molar-refractivity contribution in [2.75, 3.05) is 22.5 Å². The molecule has 0 aromatic heterocycles. The van der Waals surface area contributed by atoms with Crippen molar-refractivity contribution < 1.29 is 0 Å². The van der Waals surface area contributed by atoms with Gasteiger partial charge in [0.25, 0.3) is 0 Å². The number of fused-ring (bicyclic) bond motifs is 6. The molecule has 14 aromatic carbocycles. The zero-order valence-electron chi connectivity index (χ0n) is 65.4. The van der Waals surface area contributed by atoms with Gasteiger partial charge in [-0.25, -0.2) is 0 Å². The summed E-state index contributed by atoms with van der Waals surface area (Å²) in [5.41, 5.74) is 43.3. The molecule has 7 heteroatoms. The van der Waals surface area contributed by atoms with Crippen LogP contribution in [0.25, 0.3) is 72.1 Å². The lowest BCUT2D eigenvalue weighted by Gasteiger charge is -2.33. The van der Waals surface area contributed by atoms with Gasteiger partial charge in [0.1, 0.15) is 0 Å². The number of hydrogen-bond acceptors (Lipinski definition) is 4. The molecule has 2 aliphatic rings. The molecule has 7 N–H and O–H groups in total. The molecule has 0 saturated heterocycles. The molecule has 0 atom stereocenters. The molecule has 2 aliphatic carbocycles. The van der Waals surface area contributed by atoms with E-state index in [0.29, 0.717) is 0 Å². The molecule has 14 aromatic rings. The molecule has 16 rings (SSSR count). The first-order valence-corrected chi connectivity index (χ1v) is 42.8. The Hall–Kier alpha value is -10.0. The number of para-hydroxylation sites is 2. The number of nitrogens with two attached hydrogens (primary N) is 3. The Bertz CT molecular complexity index is 5000. The molecule has 0 fully saturated rings. The van der Waals surface area contributed by atoms with Gasteiger partial charge in [-0.05, 0) is 259 Å². The van der Waals surface area contributed by atoms with Crippen molar-refractivity contribution in [1.29, 1.82) is 0 Å². The number of benzene rings is 14. The summed E-state index contributed by atoms with van der Waals surface area (Å²) >= 11 is 10.4. The van der Waals surface area contributed by atoms with Crippen molar-refractivity contribution in [3.05, 3.63) is 380 Å². The summed E-state index contributed by atoms with van der Waals surface area (Å²) in [6, 6.07) is 112. The second-order valence-electron chi connectivity index (χ2n) is 29.5. The van der Waals surface area contributed by atoms with Crippen LogP contribution in [0.1, 0.15) is 156 Å². The van der Waals surface area contributed by atoms with Crippen LogP contribution in [0.15, 0.2) is 342 Å². The summed E-state index contributed by atoms with van der Waals surface area (Å²) in [6.07, 6.45) is 28.0. The molecule has 0 bridgehead atoms. The summed E-state index contributed by atoms with van der Waals surface area (Å²) in [7, 11) is 0. The third-order valence-electron chi connectivity index (χ3n) is 21.4. The van der Waals surface area contributed by atoms with Crippen molar-refractivity contribution >= 4 is 104 Å². The third-order valence-corrected chi connectivity index (χ3v) is 23.0. The Labute approximate surface area is 693 Å². The van der Waals surface area contributed by atoms with Crippen molar-refractivity contribution in [2.45, 2.75) is 148 Å². The Morgan fingerprint density at radius 2 is 0.759 bits per heavy atom. The van der Waals surface area contributed by atoms with Gasteiger partial charge >= 0.3 is 0 Å². The van der Waals surface area contributed by atoms with Gasteiger partial charge in [-0.2, -0.15) is 0 Å². The fraction of sp³-hybridized carbons (Fsp3) is 0.219. The number of aryl methyl sites for hydroxylation is 4.